The smallest absolute Gasteiger partial charge is 0.416 e. The molecule has 1 heterocycles. The number of ketones is 2. The molecule has 0 unspecified atom stereocenters. The molecule has 7 nitrogen and oxygen atoms in total. The fourth-order valence-electron chi connectivity index (χ4n) is 5.01. The van der Waals surface area contributed by atoms with Crippen molar-refractivity contribution in [3.05, 3.63) is 84.8 Å². The van der Waals surface area contributed by atoms with Gasteiger partial charge in [-0.3, -0.25) is 19.7 Å². The average Bonchev–Trinajstić information content (AvgIpc) is 2.83. The third-order valence-corrected chi connectivity index (χ3v) is 7.12. The zero-order valence-corrected chi connectivity index (χ0v) is 20.8. The molecule has 0 saturated heterocycles. The molecule has 11 heteroatoms. The molecule has 0 atom stereocenters. The largest absolute Gasteiger partial charge is 0.465 e. The number of nitrogens with zero attached hydrogens (tertiary/aromatic N) is 1. The van der Waals surface area contributed by atoms with Crippen molar-refractivity contribution in [2.45, 2.75) is 50.6 Å². The monoisotopic (exact) mass is 577 g/mol. The molecule has 0 N–H and O–H groups in total. The first-order chi connectivity index (χ1) is 17.5. The second kappa shape index (κ2) is 9.44. The first kappa shape index (κ1) is 25.2. The van der Waals surface area contributed by atoms with Crippen LogP contribution in [0.25, 0.3) is 0 Å². The lowest BCUT2D eigenvalue weighted by Gasteiger charge is -2.36. The molecule has 2 aliphatic carbocycles. The molecule has 0 fully saturated rings. The maximum atomic E-state index is 13.2. The van der Waals surface area contributed by atoms with Crippen LogP contribution in [0.15, 0.2) is 63.5 Å². The molecule has 2 aromatic rings. The van der Waals surface area contributed by atoms with Gasteiger partial charge in [0.15, 0.2) is 11.6 Å². The number of ether oxygens (including phenoxy) is 2. The molecule has 3 aliphatic rings. The van der Waals surface area contributed by atoms with Gasteiger partial charge in [-0.25, -0.2) is 0 Å². The number of carbonyl (C=O) groups is 2. The second-order valence-electron chi connectivity index (χ2n) is 8.98. The minimum Gasteiger partial charge on any atom is -0.465 e. The van der Waals surface area contributed by atoms with E-state index >= 15 is 0 Å². The van der Waals surface area contributed by atoms with E-state index in [1.165, 1.54) is 6.07 Å². The van der Waals surface area contributed by atoms with E-state index in [1.54, 1.807) is 12.1 Å². The molecule has 5 rings (SSSR count). The Hall–Kier alpha value is -3.47. The van der Waals surface area contributed by atoms with E-state index in [4.69, 9.17) is 9.47 Å². The summed E-state index contributed by atoms with van der Waals surface area (Å²) in [4.78, 5) is 36.9. The number of rotatable bonds is 4. The normalized spacial score (nSPS) is 18.4. The van der Waals surface area contributed by atoms with E-state index in [-0.39, 0.29) is 30.2 Å². The summed E-state index contributed by atoms with van der Waals surface area (Å²) in [6, 6.07) is 6.76. The lowest BCUT2D eigenvalue weighted by molar-refractivity contribution is -0.385. The van der Waals surface area contributed by atoms with Crippen LogP contribution in [0, 0.1) is 10.1 Å². The highest BCUT2D eigenvalue weighted by Gasteiger charge is 2.43. The summed E-state index contributed by atoms with van der Waals surface area (Å²) in [6.45, 7) is 0. The first-order valence-corrected chi connectivity index (χ1v) is 12.4. The zero-order chi connectivity index (χ0) is 26.5. The molecule has 0 saturated carbocycles. The van der Waals surface area contributed by atoms with Crippen molar-refractivity contribution in [3.63, 3.8) is 0 Å². The second-order valence-corrected chi connectivity index (χ2v) is 9.90. The van der Waals surface area contributed by atoms with Crippen molar-refractivity contribution in [1.82, 2.24) is 0 Å². The van der Waals surface area contributed by atoms with Crippen LogP contribution in [0.3, 0.4) is 0 Å². The fraction of sp³-hybridized carbons (Fsp3) is 0.308. The minimum atomic E-state index is -4.78. The highest BCUT2D eigenvalue weighted by molar-refractivity contribution is 9.10. The zero-order valence-electron chi connectivity index (χ0n) is 19.2. The predicted molar refractivity (Wildman–Crippen MR) is 128 cm³/mol. The molecule has 1 aliphatic heterocycles. The predicted octanol–water partition coefficient (Wildman–Crippen LogP) is 7.30. The van der Waals surface area contributed by atoms with Crippen molar-refractivity contribution < 1.29 is 37.2 Å². The Kier molecular flexibility index (Phi) is 6.43. The van der Waals surface area contributed by atoms with Gasteiger partial charge >= 0.3 is 11.9 Å². The summed E-state index contributed by atoms with van der Waals surface area (Å²) in [7, 11) is 0. The third kappa shape index (κ3) is 4.68. The summed E-state index contributed by atoms with van der Waals surface area (Å²) in [5.74, 6) is -0.469. The molecule has 0 spiro atoms. The van der Waals surface area contributed by atoms with Crippen molar-refractivity contribution in [2.75, 3.05) is 0 Å². The Bertz CT molecular complexity index is 1370. The van der Waals surface area contributed by atoms with Gasteiger partial charge in [0.2, 0.25) is 5.75 Å². The van der Waals surface area contributed by atoms with E-state index in [1.807, 2.05) is 0 Å². The van der Waals surface area contributed by atoms with Crippen LogP contribution in [0.4, 0.5) is 18.9 Å². The number of allylic oxidation sites excluding steroid dienone is 4. The number of nitro benzene ring substituents is 1. The van der Waals surface area contributed by atoms with Gasteiger partial charge in [-0.2, -0.15) is 13.2 Å². The summed E-state index contributed by atoms with van der Waals surface area (Å²) in [5.41, 5.74) is -0.956. The van der Waals surface area contributed by atoms with E-state index in [2.05, 4.69) is 15.9 Å². The van der Waals surface area contributed by atoms with Crippen molar-refractivity contribution in [2.24, 2.45) is 0 Å². The van der Waals surface area contributed by atoms with Crippen LogP contribution >= 0.6 is 15.9 Å². The number of carbonyl (C=O) groups excluding carboxylic acids is 2. The first-order valence-electron chi connectivity index (χ1n) is 11.6. The van der Waals surface area contributed by atoms with E-state index in [0.717, 1.165) is 6.07 Å². The number of benzene rings is 2. The van der Waals surface area contributed by atoms with Crippen molar-refractivity contribution >= 4 is 33.2 Å². The summed E-state index contributed by atoms with van der Waals surface area (Å²) < 4.78 is 52.0. The molecule has 0 amide bonds. The van der Waals surface area contributed by atoms with Gasteiger partial charge in [-0.1, -0.05) is 15.9 Å². The Labute approximate surface area is 217 Å². The van der Waals surface area contributed by atoms with Crippen LogP contribution < -0.4 is 4.74 Å². The Balaban J connectivity index is 1.67. The van der Waals surface area contributed by atoms with Crippen LogP contribution in [-0.2, 0) is 20.5 Å². The van der Waals surface area contributed by atoms with Gasteiger partial charge in [0.25, 0.3) is 0 Å². The number of Topliss-reactive ketones (excluding diaryl/α,β-unsaturated/α-hetero) is 2. The van der Waals surface area contributed by atoms with Crippen LogP contribution in [0.1, 0.15) is 55.6 Å². The lowest BCUT2D eigenvalue weighted by Crippen LogP contribution is -2.30. The quantitative estimate of drug-likeness (QED) is 0.279. The molecule has 0 aromatic heterocycles. The third-order valence-electron chi connectivity index (χ3n) is 6.63. The number of halogens is 4. The maximum absolute atomic E-state index is 13.2. The fourth-order valence-corrected chi connectivity index (χ4v) is 5.39. The van der Waals surface area contributed by atoms with E-state index in [0.29, 0.717) is 70.5 Å². The Morgan fingerprint density at radius 1 is 0.919 bits per heavy atom. The summed E-state index contributed by atoms with van der Waals surface area (Å²) in [5, 5.41) is 11.6. The highest BCUT2D eigenvalue weighted by Crippen LogP contribution is 2.51. The SMILES string of the molecule is O=C1CCCC2=C1C(c1cc(Br)ccc1Oc1ccc(C(F)(F)F)cc1[N+](=O)[O-])C1=C(CCCC1=O)O2. The molecule has 192 valence electrons. The Morgan fingerprint density at radius 2 is 1.51 bits per heavy atom. The number of alkyl halides is 3. The summed E-state index contributed by atoms with van der Waals surface area (Å²) >= 11 is 3.40. The number of hydrogen-bond acceptors (Lipinski definition) is 6. The molecular weight excluding hydrogens is 559 g/mol. The molecular formula is C26H19BrF3NO6. The van der Waals surface area contributed by atoms with Crippen LogP contribution in [0.5, 0.6) is 11.5 Å². The van der Waals surface area contributed by atoms with Gasteiger partial charge in [0.1, 0.15) is 17.3 Å². The van der Waals surface area contributed by atoms with Crippen LogP contribution in [-0.4, -0.2) is 16.5 Å². The topological polar surface area (TPSA) is 95.7 Å². The van der Waals surface area contributed by atoms with Crippen LogP contribution in [0.2, 0.25) is 0 Å². The average molecular weight is 578 g/mol. The van der Waals surface area contributed by atoms with Gasteiger partial charge in [0, 0.05) is 52.9 Å². The molecule has 37 heavy (non-hydrogen) atoms. The lowest BCUT2D eigenvalue weighted by atomic mass is 9.73. The minimum absolute atomic E-state index is 0.0772. The van der Waals surface area contributed by atoms with Gasteiger partial charge in [-0.05, 0) is 43.2 Å². The number of hydrogen-bond donors (Lipinski definition) is 0. The maximum Gasteiger partial charge on any atom is 0.416 e. The number of nitro groups is 1. The van der Waals surface area contributed by atoms with Crippen molar-refractivity contribution in [3.8, 4) is 11.5 Å². The standard InChI is InChI=1S/C26H19BrF3NO6/c27-14-8-10-19(36-20-9-7-13(26(28,29)30)11-16(20)31(34)35)15(12-14)23-24-17(32)3-1-5-21(24)37-22-6-2-4-18(33)25(22)23/h7-12,23H,1-6H2. The Morgan fingerprint density at radius 3 is 2.08 bits per heavy atom. The highest BCUT2D eigenvalue weighted by atomic mass is 79.9. The van der Waals surface area contributed by atoms with Crippen molar-refractivity contribution in [1.29, 1.82) is 0 Å². The van der Waals surface area contributed by atoms with Gasteiger partial charge in [-0.15, -0.1) is 0 Å². The molecule has 0 bridgehead atoms. The molecule has 2 aromatic carbocycles. The summed E-state index contributed by atoms with van der Waals surface area (Å²) in [6.07, 6.45) is -1.94. The van der Waals surface area contributed by atoms with Gasteiger partial charge < -0.3 is 9.47 Å². The van der Waals surface area contributed by atoms with Gasteiger partial charge in [0.05, 0.1) is 16.4 Å². The molecule has 0 radical (unpaired) electrons. The van der Waals surface area contributed by atoms with E-state index in [9.17, 15) is 32.9 Å². The van der Waals surface area contributed by atoms with E-state index < -0.39 is 34.0 Å².